The molecule has 1 aromatic heterocycles. The van der Waals surface area contributed by atoms with Gasteiger partial charge in [0.1, 0.15) is 4.88 Å². The minimum atomic E-state index is -0.261. The first kappa shape index (κ1) is 12.0. The summed E-state index contributed by atoms with van der Waals surface area (Å²) in [6.07, 6.45) is 3.55. The lowest BCUT2D eigenvalue weighted by atomic mass is 10.2. The second kappa shape index (κ2) is 6.45. The number of hydrogen-bond acceptors (Lipinski definition) is 4. The molecule has 0 aliphatic heterocycles. The van der Waals surface area contributed by atoms with E-state index >= 15 is 0 Å². The van der Waals surface area contributed by atoms with Gasteiger partial charge in [-0.1, -0.05) is 19.8 Å². The van der Waals surface area contributed by atoms with Gasteiger partial charge in [0.05, 0.1) is 12.8 Å². The lowest BCUT2D eigenvalue weighted by molar-refractivity contribution is 0.0607. The predicted octanol–water partition coefficient (Wildman–Crippen LogP) is 3.14. The SMILES string of the molecule is CCCCCNc1ccsc1C(=O)OC. The normalized spacial score (nSPS) is 10.0. The van der Waals surface area contributed by atoms with Gasteiger partial charge in [-0.15, -0.1) is 11.3 Å². The van der Waals surface area contributed by atoms with Gasteiger partial charge in [-0.3, -0.25) is 0 Å². The van der Waals surface area contributed by atoms with Crippen LogP contribution >= 0.6 is 11.3 Å². The number of anilines is 1. The molecule has 4 heteroatoms. The van der Waals surface area contributed by atoms with E-state index in [1.807, 2.05) is 11.4 Å². The average molecular weight is 227 g/mol. The molecule has 0 fully saturated rings. The van der Waals surface area contributed by atoms with Crippen LogP contribution in [0.5, 0.6) is 0 Å². The summed E-state index contributed by atoms with van der Waals surface area (Å²) in [5.74, 6) is -0.261. The van der Waals surface area contributed by atoms with Crippen molar-refractivity contribution in [1.82, 2.24) is 0 Å². The van der Waals surface area contributed by atoms with Gasteiger partial charge in [0.25, 0.3) is 0 Å². The molecule has 0 atom stereocenters. The van der Waals surface area contributed by atoms with Gasteiger partial charge in [0.15, 0.2) is 0 Å². The van der Waals surface area contributed by atoms with E-state index in [1.54, 1.807) is 0 Å². The molecular formula is C11H17NO2S. The smallest absolute Gasteiger partial charge is 0.350 e. The fourth-order valence-electron chi connectivity index (χ4n) is 1.30. The molecule has 0 amide bonds. The molecule has 0 bridgehead atoms. The Hall–Kier alpha value is -1.03. The highest BCUT2D eigenvalue weighted by molar-refractivity contribution is 7.12. The summed E-state index contributed by atoms with van der Waals surface area (Å²) < 4.78 is 4.69. The van der Waals surface area contributed by atoms with Crippen LogP contribution in [-0.4, -0.2) is 19.6 Å². The average Bonchev–Trinajstić information content (AvgIpc) is 2.71. The molecule has 0 aliphatic carbocycles. The van der Waals surface area contributed by atoms with Gasteiger partial charge in [-0.05, 0) is 17.9 Å². The van der Waals surface area contributed by atoms with Crippen molar-refractivity contribution < 1.29 is 9.53 Å². The van der Waals surface area contributed by atoms with Crippen LogP contribution in [0.2, 0.25) is 0 Å². The van der Waals surface area contributed by atoms with Crippen molar-refractivity contribution >= 4 is 23.0 Å². The van der Waals surface area contributed by atoms with Gasteiger partial charge >= 0.3 is 5.97 Å². The van der Waals surface area contributed by atoms with E-state index < -0.39 is 0 Å². The van der Waals surface area contributed by atoms with Crippen LogP contribution in [0.4, 0.5) is 5.69 Å². The third-order valence-corrected chi connectivity index (χ3v) is 3.03. The van der Waals surface area contributed by atoms with Gasteiger partial charge in [-0.25, -0.2) is 4.79 Å². The first-order valence-corrected chi connectivity index (χ1v) is 6.07. The summed E-state index contributed by atoms with van der Waals surface area (Å²) in [4.78, 5) is 12.0. The third kappa shape index (κ3) is 3.55. The van der Waals surface area contributed by atoms with E-state index in [2.05, 4.69) is 12.2 Å². The maximum absolute atomic E-state index is 11.3. The largest absolute Gasteiger partial charge is 0.465 e. The molecule has 0 saturated heterocycles. The highest BCUT2D eigenvalue weighted by Gasteiger charge is 2.12. The highest BCUT2D eigenvalue weighted by Crippen LogP contribution is 2.22. The number of ether oxygens (including phenoxy) is 1. The highest BCUT2D eigenvalue weighted by atomic mass is 32.1. The molecule has 0 spiro atoms. The lowest BCUT2D eigenvalue weighted by Gasteiger charge is -2.05. The van der Waals surface area contributed by atoms with Crippen LogP contribution in [0.3, 0.4) is 0 Å². The van der Waals surface area contributed by atoms with E-state index in [0.717, 1.165) is 18.7 Å². The summed E-state index contributed by atoms with van der Waals surface area (Å²) >= 11 is 1.41. The topological polar surface area (TPSA) is 38.3 Å². The molecule has 1 aromatic rings. The number of rotatable bonds is 6. The van der Waals surface area contributed by atoms with Crippen molar-refractivity contribution in [2.45, 2.75) is 26.2 Å². The van der Waals surface area contributed by atoms with Crippen molar-refractivity contribution in [1.29, 1.82) is 0 Å². The minimum absolute atomic E-state index is 0.261. The van der Waals surface area contributed by atoms with Gasteiger partial charge in [-0.2, -0.15) is 0 Å². The number of nitrogens with one attached hydrogen (secondary N) is 1. The zero-order chi connectivity index (χ0) is 11.1. The van der Waals surface area contributed by atoms with Crippen molar-refractivity contribution in [2.24, 2.45) is 0 Å². The van der Waals surface area contributed by atoms with E-state index in [0.29, 0.717) is 4.88 Å². The number of carbonyl (C=O) groups is 1. The van der Waals surface area contributed by atoms with Crippen molar-refractivity contribution in [3.8, 4) is 0 Å². The maximum atomic E-state index is 11.3. The second-order valence-corrected chi connectivity index (χ2v) is 4.20. The third-order valence-electron chi connectivity index (χ3n) is 2.13. The molecule has 1 heterocycles. The van der Waals surface area contributed by atoms with Gasteiger partial charge in [0.2, 0.25) is 0 Å². The van der Waals surface area contributed by atoms with Crippen molar-refractivity contribution in [2.75, 3.05) is 19.0 Å². The molecule has 1 rings (SSSR count). The molecule has 0 aromatic carbocycles. The molecule has 15 heavy (non-hydrogen) atoms. The van der Waals surface area contributed by atoms with Crippen LogP contribution in [0.15, 0.2) is 11.4 Å². The Morgan fingerprint density at radius 1 is 1.53 bits per heavy atom. The Bertz CT molecular complexity index is 309. The molecule has 0 unspecified atom stereocenters. The quantitative estimate of drug-likeness (QED) is 0.599. The molecular weight excluding hydrogens is 210 g/mol. The maximum Gasteiger partial charge on any atom is 0.350 e. The Balaban J connectivity index is 2.46. The van der Waals surface area contributed by atoms with Crippen molar-refractivity contribution in [3.05, 3.63) is 16.3 Å². The number of thiophene rings is 1. The second-order valence-electron chi connectivity index (χ2n) is 3.29. The summed E-state index contributed by atoms with van der Waals surface area (Å²) in [6.45, 7) is 3.08. The van der Waals surface area contributed by atoms with E-state index in [-0.39, 0.29) is 5.97 Å². The van der Waals surface area contributed by atoms with Crippen LogP contribution < -0.4 is 5.32 Å². The monoisotopic (exact) mass is 227 g/mol. The van der Waals surface area contributed by atoms with Crippen LogP contribution in [0, 0.1) is 0 Å². The van der Waals surface area contributed by atoms with E-state index in [4.69, 9.17) is 4.74 Å². The molecule has 0 aliphatic rings. The minimum Gasteiger partial charge on any atom is -0.465 e. The first-order valence-electron chi connectivity index (χ1n) is 5.19. The van der Waals surface area contributed by atoms with Crippen LogP contribution in [-0.2, 0) is 4.74 Å². The summed E-state index contributed by atoms with van der Waals surface area (Å²) in [5.41, 5.74) is 0.892. The predicted molar refractivity (Wildman–Crippen MR) is 63.7 cm³/mol. The number of esters is 1. The molecule has 1 N–H and O–H groups in total. The Kier molecular flexibility index (Phi) is 5.18. The zero-order valence-electron chi connectivity index (χ0n) is 9.21. The first-order chi connectivity index (χ1) is 7.29. The fourth-order valence-corrected chi connectivity index (χ4v) is 2.08. The zero-order valence-corrected chi connectivity index (χ0v) is 10.0. The standard InChI is InChI=1S/C11H17NO2S/c1-3-4-5-7-12-9-6-8-15-10(9)11(13)14-2/h6,8,12H,3-5,7H2,1-2H3. The lowest BCUT2D eigenvalue weighted by Crippen LogP contribution is -2.06. The number of methoxy groups -OCH3 is 1. The Labute approximate surface area is 94.5 Å². The summed E-state index contributed by atoms with van der Waals surface area (Å²) in [6, 6.07) is 1.92. The Morgan fingerprint density at radius 2 is 2.33 bits per heavy atom. The molecule has 0 saturated carbocycles. The summed E-state index contributed by atoms with van der Waals surface area (Å²) in [5, 5.41) is 5.15. The Morgan fingerprint density at radius 3 is 3.00 bits per heavy atom. The van der Waals surface area contributed by atoms with E-state index in [9.17, 15) is 4.79 Å². The van der Waals surface area contributed by atoms with Crippen molar-refractivity contribution in [3.63, 3.8) is 0 Å². The van der Waals surface area contributed by atoms with Crippen LogP contribution in [0.1, 0.15) is 35.9 Å². The fraction of sp³-hybridized carbons (Fsp3) is 0.545. The number of carbonyl (C=O) groups excluding carboxylic acids is 1. The number of hydrogen-bond donors (Lipinski definition) is 1. The van der Waals surface area contributed by atoms with Gasteiger partial charge < -0.3 is 10.1 Å². The van der Waals surface area contributed by atoms with Crippen LogP contribution in [0.25, 0.3) is 0 Å². The molecule has 0 radical (unpaired) electrons. The van der Waals surface area contributed by atoms with E-state index in [1.165, 1.54) is 31.3 Å². The number of unbranched alkanes of at least 4 members (excludes halogenated alkanes) is 2. The molecule has 84 valence electrons. The van der Waals surface area contributed by atoms with Gasteiger partial charge in [0, 0.05) is 6.54 Å². The summed E-state index contributed by atoms with van der Waals surface area (Å²) in [7, 11) is 1.41. The molecule has 3 nitrogen and oxygen atoms in total.